The number of anilines is 2. The lowest BCUT2D eigenvalue weighted by atomic mass is 10.2. The maximum absolute atomic E-state index is 13.9. The summed E-state index contributed by atoms with van der Waals surface area (Å²) < 4.78 is 14.7. The molecule has 1 saturated heterocycles. The molecule has 0 aliphatic carbocycles. The van der Waals surface area contributed by atoms with E-state index in [-0.39, 0.29) is 17.6 Å². The van der Waals surface area contributed by atoms with Gasteiger partial charge in [-0.3, -0.25) is 0 Å². The number of rotatable bonds is 2. The van der Waals surface area contributed by atoms with Crippen molar-refractivity contribution < 1.29 is 4.39 Å². The van der Waals surface area contributed by atoms with E-state index in [9.17, 15) is 4.39 Å². The number of benzene rings is 1. The summed E-state index contributed by atoms with van der Waals surface area (Å²) in [6, 6.07) is 4.64. The minimum Gasteiger partial charge on any atom is -0.368 e. The summed E-state index contributed by atoms with van der Waals surface area (Å²) in [4.78, 5) is 14.6. The van der Waals surface area contributed by atoms with Crippen molar-refractivity contribution in [2.45, 2.75) is 12.8 Å². The van der Waals surface area contributed by atoms with Crippen molar-refractivity contribution in [2.75, 3.05) is 23.7 Å². The van der Waals surface area contributed by atoms with Gasteiger partial charge in [0.25, 0.3) is 0 Å². The van der Waals surface area contributed by atoms with Gasteiger partial charge < -0.3 is 10.6 Å². The van der Waals surface area contributed by atoms with Crippen LogP contribution in [0.15, 0.2) is 22.7 Å². The predicted octanol–water partition coefficient (Wildman–Crippen LogP) is 2.62. The third-order valence-electron chi connectivity index (χ3n) is 3.20. The molecule has 0 radical (unpaired) electrons. The zero-order chi connectivity index (χ0) is 14.1. The molecule has 7 heteroatoms. The molecule has 0 atom stereocenters. The van der Waals surface area contributed by atoms with Crippen molar-refractivity contribution in [3.8, 4) is 11.4 Å². The van der Waals surface area contributed by atoms with Crippen molar-refractivity contribution >= 4 is 27.8 Å². The molecule has 104 valence electrons. The highest BCUT2D eigenvalue weighted by atomic mass is 79.9. The second-order valence-electron chi connectivity index (χ2n) is 4.64. The maximum Gasteiger partial charge on any atom is 0.230 e. The second-order valence-corrected chi connectivity index (χ2v) is 5.55. The highest BCUT2D eigenvalue weighted by Gasteiger charge is 2.18. The van der Waals surface area contributed by atoms with E-state index in [1.807, 2.05) is 4.90 Å². The van der Waals surface area contributed by atoms with E-state index in [0.29, 0.717) is 11.5 Å². The van der Waals surface area contributed by atoms with E-state index in [1.54, 1.807) is 12.1 Å². The zero-order valence-corrected chi connectivity index (χ0v) is 12.3. The Bertz CT molecular complexity index is 643. The van der Waals surface area contributed by atoms with Gasteiger partial charge in [-0.2, -0.15) is 15.0 Å². The number of nitrogen functional groups attached to an aromatic ring is 1. The van der Waals surface area contributed by atoms with E-state index in [4.69, 9.17) is 5.73 Å². The summed E-state index contributed by atoms with van der Waals surface area (Å²) in [6.07, 6.45) is 2.21. The lowest BCUT2D eigenvalue weighted by Gasteiger charge is -2.15. The Morgan fingerprint density at radius 1 is 1.15 bits per heavy atom. The van der Waals surface area contributed by atoms with E-state index < -0.39 is 0 Å². The van der Waals surface area contributed by atoms with Crippen LogP contribution in [-0.4, -0.2) is 28.0 Å². The Morgan fingerprint density at radius 3 is 2.65 bits per heavy atom. The van der Waals surface area contributed by atoms with Crippen LogP contribution in [0.1, 0.15) is 12.8 Å². The van der Waals surface area contributed by atoms with Crippen LogP contribution in [0, 0.1) is 5.82 Å². The largest absolute Gasteiger partial charge is 0.368 e. The van der Waals surface area contributed by atoms with E-state index in [1.165, 1.54) is 6.07 Å². The first-order valence-electron chi connectivity index (χ1n) is 6.35. The standard InChI is InChI=1S/C13H13BrFN5/c14-8-3-4-10(15)9(7-8)11-17-12(16)19-13(18-11)20-5-1-2-6-20/h3-4,7H,1-2,5-6H2,(H2,16,17,18,19). The average Bonchev–Trinajstić information content (AvgIpc) is 2.95. The van der Waals surface area contributed by atoms with Crippen molar-refractivity contribution in [3.05, 3.63) is 28.5 Å². The molecule has 20 heavy (non-hydrogen) atoms. The number of hydrogen-bond acceptors (Lipinski definition) is 5. The minimum atomic E-state index is -0.383. The van der Waals surface area contributed by atoms with Gasteiger partial charge in [0, 0.05) is 17.6 Å². The summed E-state index contributed by atoms with van der Waals surface area (Å²) in [6.45, 7) is 1.79. The molecule has 1 aliphatic heterocycles. The van der Waals surface area contributed by atoms with Gasteiger partial charge in [0.1, 0.15) is 5.82 Å². The average molecular weight is 338 g/mol. The molecule has 1 aliphatic rings. The fourth-order valence-electron chi connectivity index (χ4n) is 2.23. The third-order valence-corrected chi connectivity index (χ3v) is 3.69. The first kappa shape index (κ1) is 13.2. The van der Waals surface area contributed by atoms with Crippen molar-refractivity contribution in [2.24, 2.45) is 0 Å². The van der Waals surface area contributed by atoms with Gasteiger partial charge in [0.2, 0.25) is 11.9 Å². The SMILES string of the molecule is Nc1nc(-c2cc(Br)ccc2F)nc(N2CCCC2)n1. The molecule has 0 saturated carbocycles. The van der Waals surface area contributed by atoms with Crippen LogP contribution in [0.5, 0.6) is 0 Å². The van der Waals surface area contributed by atoms with Gasteiger partial charge in [-0.1, -0.05) is 15.9 Å². The lowest BCUT2D eigenvalue weighted by molar-refractivity contribution is 0.629. The number of hydrogen-bond donors (Lipinski definition) is 1. The number of nitrogens with zero attached hydrogens (tertiary/aromatic N) is 4. The van der Waals surface area contributed by atoms with Crippen molar-refractivity contribution in [1.29, 1.82) is 0 Å². The number of nitrogens with two attached hydrogens (primary N) is 1. The quantitative estimate of drug-likeness (QED) is 0.912. The molecule has 0 amide bonds. The van der Waals surface area contributed by atoms with Crippen molar-refractivity contribution in [1.82, 2.24) is 15.0 Å². The van der Waals surface area contributed by atoms with E-state index >= 15 is 0 Å². The third kappa shape index (κ3) is 2.58. The van der Waals surface area contributed by atoms with Crippen LogP contribution in [0.3, 0.4) is 0 Å². The molecule has 0 spiro atoms. The van der Waals surface area contributed by atoms with Gasteiger partial charge in [-0.25, -0.2) is 4.39 Å². The monoisotopic (exact) mass is 337 g/mol. The van der Waals surface area contributed by atoms with E-state index in [0.717, 1.165) is 30.4 Å². The van der Waals surface area contributed by atoms with Gasteiger partial charge in [-0.05, 0) is 31.0 Å². The fraction of sp³-hybridized carbons (Fsp3) is 0.308. The Balaban J connectivity index is 2.06. The summed E-state index contributed by atoms with van der Waals surface area (Å²) in [5.74, 6) is 0.505. The van der Waals surface area contributed by atoms with Gasteiger partial charge in [-0.15, -0.1) is 0 Å². The van der Waals surface area contributed by atoms with E-state index in [2.05, 4.69) is 30.9 Å². The lowest BCUT2D eigenvalue weighted by Crippen LogP contribution is -2.21. The predicted molar refractivity (Wildman–Crippen MR) is 78.8 cm³/mol. The minimum absolute atomic E-state index is 0.108. The Kier molecular flexibility index (Phi) is 3.52. The highest BCUT2D eigenvalue weighted by molar-refractivity contribution is 9.10. The van der Waals surface area contributed by atoms with Crippen LogP contribution >= 0.6 is 15.9 Å². The van der Waals surface area contributed by atoms with Crippen LogP contribution in [0.2, 0.25) is 0 Å². The normalized spacial score (nSPS) is 14.8. The maximum atomic E-state index is 13.9. The molecular weight excluding hydrogens is 325 g/mol. The van der Waals surface area contributed by atoms with Crippen LogP contribution in [0.4, 0.5) is 16.3 Å². The van der Waals surface area contributed by atoms with Crippen LogP contribution in [-0.2, 0) is 0 Å². The summed E-state index contributed by atoms with van der Waals surface area (Å²) in [5.41, 5.74) is 6.04. The molecule has 2 N–H and O–H groups in total. The zero-order valence-electron chi connectivity index (χ0n) is 10.7. The topological polar surface area (TPSA) is 67.9 Å². The number of halogens is 2. The smallest absolute Gasteiger partial charge is 0.230 e. The molecule has 0 unspecified atom stereocenters. The Morgan fingerprint density at radius 2 is 1.90 bits per heavy atom. The molecule has 3 rings (SSSR count). The molecular formula is C13H13BrFN5. The summed E-state index contributed by atoms with van der Waals surface area (Å²) in [5, 5.41) is 0. The molecule has 1 fully saturated rings. The Hall–Kier alpha value is -1.76. The molecule has 0 bridgehead atoms. The van der Waals surface area contributed by atoms with Gasteiger partial charge >= 0.3 is 0 Å². The Labute approximate surface area is 124 Å². The van der Waals surface area contributed by atoms with Crippen LogP contribution in [0.25, 0.3) is 11.4 Å². The molecule has 2 heterocycles. The second kappa shape index (κ2) is 5.32. The van der Waals surface area contributed by atoms with Crippen molar-refractivity contribution in [3.63, 3.8) is 0 Å². The van der Waals surface area contributed by atoms with Gasteiger partial charge in [0.15, 0.2) is 5.82 Å². The van der Waals surface area contributed by atoms with Gasteiger partial charge in [0.05, 0.1) is 5.56 Å². The molecule has 1 aromatic carbocycles. The fourth-order valence-corrected chi connectivity index (χ4v) is 2.59. The summed E-state index contributed by atoms with van der Waals surface area (Å²) in [7, 11) is 0. The highest BCUT2D eigenvalue weighted by Crippen LogP contribution is 2.26. The summed E-state index contributed by atoms with van der Waals surface area (Å²) >= 11 is 3.32. The molecule has 5 nitrogen and oxygen atoms in total. The number of aromatic nitrogens is 3. The van der Waals surface area contributed by atoms with Crippen LogP contribution < -0.4 is 10.6 Å². The molecule has 1 aromatic heterocycles. The first-order valence-corrected chi connectivity index (χ1v) is 7.15. The molecule has 2 aromatic rings. The first-order chi connectivity index (χ1) is 9.63.